The second-order valence-corrected chi connectivity index (χ2v) is 6.50. The maximum absolute atomic E-state index is 11.8. The maximum atomic E-state index is 11.8. The molecule has 106 valence electrons. The summed E-state index contributed by atoms with van der Waals surface area (Å²) in [6.07, 6.45) is 2.35. The zero-order chi connectivity index (χ0) is 13.9. The van der Waals surface area contributed by atoms with Crippen LogP contribution in [0.1, 0.15) is 40.5 Å². The molecule has 1 N–H and O–H groups in total. The number of carbonyl (C=O) groups excluding carboxylic acids is 1. The quantitative estimate of drug-likeness (QED) is 0.734. The summed E-state index contributed by atoms with van der Waals surface area (Å²) in [6.45, 7) is 9.55. The fourth-order valence-corrected chi connectivity index (χ4v) is 1.98. The van der Waals surface area contributed by atoms with Crippen molar-refractivity contribution in [3.63, 3.8) is 0 Å². The van der Waals surface area contributed by atoms with Gasteiger partial charge in [-0.2, -0.15) is 0 Å². The lowest BCUT2D eigenvalue weighted by Gasteiger charge is -2.36. The van der Waals surface area contributed by atoms with Gasteiger partial charge in [0, 0.05) is 18.6 Å². The average Bonchev–Trinajstić information content (AvgIpc) is 3.08. The number of methoxy groups -OCH3 is 1. The van der Waals surface area contributed by atoms with Crippen molar-refractivity contribution in [3.8, 4) is 0 Å². The highest BCUT2D eigenvalue weighted by Gasteiger charge is 2.32. The standard InChI is InChI=1S/C14H28N2O2/c1-10(14(2,3)4)16(5)9-12(13(17)18-6)15-11-7-8-11/h10-12,15H,7-9H2,1-6H3. The molecule has 1 aliphatic rings. The predicted octanol–water partition coefficient (Wildman–Crippen LogP) is 1.65. The Balaban J connectivity index is 2.55. The van der Waals surface area contributed by atoms with E-state index in [0.717, 1.165) is 0 Å². The van der Waals surface area contributed by atoms with Crippen molar-refractivity contribution in [2.45, 2.75) is 58.7 Å². The number of nitrogens with one attached hydrogen (secondary N) is 1. The van der Waals surface area contributed by atoms with Gasteiger partial charge in [-0.05, 0) is 32.2 Å². The predicted molar refractivity (Wildman–Crippen MR) is 73.5 cm³/mol. The summed E-state index contributed by atoms with van der Waals surface area (Å²) in [5.41, 5.74) is 0.203. The number of nitrogens with zero attached hydrogens (tertiary/aromatic N) is 1. The molecule has 1 rings (SSSR count). The fourth-order valence-electron chi connectivity index (χ4n) is 1.98. The second-order valence-electron chi connectivity index (χ2n) is 6.50. The molecule has 2 atom stereocenters. The van der Waals surface area contributed by atoms with Crippen molar-refractivity contribution in [1.29, 1.82) is 0 Å². The molecule has 0 aromatic heterocycles. The van der Waals surface area contributed by atoms with E-state index in [1.165, 1.54) is 20.0 Å². The molecule has 0 amide bonds. The Bertz CT molecular complexity index is 282. The van der Waals surface area contributed by atoms with Gasteiger partial charge in [-0.25, -0.2) is 0 Å². The van der Waals surface area contributed by atoms with Crippen LogP contribution < -0.4 is 5.32 Å². The van der Waals surface area contributed by atoms with E-state index >= 15 is 0 Å². The van der Waals surface area contributed by atoms with Crippen molar-refractivity contribution >= 4 is 5.97 Å². The van der Waals surface area contributed by atoms with Gasteiger partial charge in [0.1, 0.15) is 6.04 Å². The third-order valence-electron chi connectivity index (χ3n) is 3.88. The minimum absolute atomic E-state index is 0.158. The Labute approximate surface area is 111 Å². The highest BCUT2D eigenvalue weighted by atomic mass is 16.5. The first-order chi connectivity index (χ1) is 8.25. The molecule has 0 saturated heterocycles. The van der Waals surface area contributed by atoms with Gasteiger partial charge in [-0.15, -0.1) is 0 Å². The van der Waals surface area contributed by atoms with Crippen molar-refractivity contribution in [1.82, 2.24) is 10.2 Å². The SMILES string of the molecule is COC(=O)C(CN(C)C(C)C(C)(C)C)NC1CC1. The number of ether oxygens (including phenoxy) is 1. The van der Waals surface area contributed by atoms with Gasteiger partial charge in [0.2, 0.25) is 0 Å². The van der Waals surface area contributed by atoms with Crippen LogP contribution in [-0.2, 0) is 9.53 Å². The first-order valence-electron chi connectivity index (χ1n) is 6.79. The number of rotatable bonds is 6. The Morgan fingerprint density at radius 2 is 2.00 bits per heavy atom. The zero-order valence-electron chi connectivity index (χ0n) is 12.6. The number of likely N-dealkylation sites (N-methyl/N-ethyl adjacent to an activating group) is 1. The van der Waals surface area contributed by atoms with E-state index in [0.29, 0.717) is 18.6 Å². The minimum Gasteiger partial charge on any atom is -0.468 e. The van der Waals surface area contributed by atoms with E-state index in [9.17, 15) is 4.79 Å². The summed E-state index contributed by atoms with van der Waals surface area (Å²) in [7, 11) is 3.53. The fraction of sp³-hybridized carbons (Fsp3) is 0.929. The molecule has 0 spiro atoms. The van der Waals surface area contributed by atoms with E-state index in [2.05, 4.69) is 45.0 Å². The highest BCUT2D eigenvalue weighted by molar-refractivity contribution is 5.76. The van der Waals surface area contributed by atoms with Crippen molar-refractivity contribution in [2.75, 3.05) is 20.7 Å². The van der Waals surface area contributed by atoms with E-state index in [4.69, 9.17) is 4.74 Å². The van der Waals surface area contributed by atoms with Gasteiger partial charge in [0.15, 0.2) is 0 Å². The first-order valence-corrected chi connectivity index (χ1v) is 6.79. The first kappa shape index (κ1) is 15.4. The molecule has 0 aromatic rings. The third-order valence-corrected chi connectivity index (χ3v) is 3.88. The maximum Gasteiger partial charge on any atom is 0.324 e. The van der Waals surface area contributed by atoms with Crippen molar-refractivity contribution in [2.24, 2.45) is 5.41 Å². The molecular formula is C14H28N2O2. The van der Waals surface area contributed by atoms with Crippen LogP contribution in [0.5, 0.6) is 0 Å². The van der Waals surface area contributed by atoms with Crippen LogP contribution in [0.15, 0.2) is 0 Å². The molecule has 1 aliphatic carbocycles. The molecule has 0 bridgehead atoms. The normalized spacial score (nSPS) is 19.7. The van der Waals surface area contributed by atoms with Gasteiger partial charge in [0.25, 0.3) is 0 Å². The van der Waals surface area contributed by atoms with Crippen LogP contribution in [0.3, 0.4) is 0 Å². The van der Waals surface area contributed by atoms with Crippen LogP contribution in [0.25, 0.3) is 0 Å². The lowest BCUT2D eigenvalue weighted by molar-refractivity contribution is -0.143. The summed E-state index contributed by atoms with van der Waals surface area (Å²) in [5.74, 6) is -0.158. The highest BCUT2D eigenvalue weighted by Crippen LogP contribution is 2.24. The Morgan fingerprint density at radius 1 is 1.44 bits per heavy atom. The number of hydrogen-bond donors (Lipinski definition) is 1. The lowest BCUT2D eigenvalue weighted by atomic mass is 9.87. The van der Waals surface area contributed by atoms with Crippen molar-refractivity contribution in [3.05, 3.63) is 0 Å². The molecular weight excluding hydrogens is 228 g/mol. The molecule has 4 nitrogen and oxygen atoms in total. The third kappa shape index (κ3) is 4.58. The molecule has 2 unspecified atom stereocenters. The van der Waals surface area contributed by atoms with Crippen LogP contribution >= 0.6 is 0 Å². The summed E-state index contributed by atoms with van der Waals surface area (Å²) in [5, 5.41) is 3.36. The smallest absolute Gasteiger partial charge is 0.324 e. The van der Waals surface area contributed by atoms with Gasteiger partial charge in [0.05, 0.1) is 7.11 Å². The van der Waals surface area contributed by atoms with Gasteiger partial charge in [-0.3, -0.25) is 4.79 Å². The van der Waals surface area contributed by atoms with E-state index < -0.39 is 0 Å². The van der Waals surface area contributed by atoms with Crippen LogP contribution in [0.2, 0.25) is 0 Å². The largest absolute Gasteiger partial charge is 0.468 e. The molecule has 4 heteroatoms. The number of carbonyl (C=O) groups is 1. The summed E-state index contributed by atoms with van der Waals surface area (Å²) in [4.78, 5) is 14.0. The van der Waals surface area contributed by atoms with Crippen LogP contribution in [0.4, 0.5) is 0 Å². The van der Waals surface area contributed by atoms with Crippen molar-refractivity contribution < 1.29 is 9.53 Å². The Kier molecular flexibility index (Phi) is 5.17. The van der Waals surface area contributed by atoms with Crippen LogP contribution in [-0.4, -0.2) is 49.7 Å². The monoisotopic (exact) mass is 256 g/mol. The second kappa shape index (κ2) is 6.02. The molecule has 0 radical (unpaired) electrons. The molecule has 0 heterocycles. The molecule has 0 aliphatic heterocycles. The summed E-state index contributed by atoms with van der Waals surface area (Å²) < 4.78 is 4.88. The van der Waals surface area contributed by atoms with Crippen LogP contribution in [0, 0.1) is 5.41 Å². The van der Waals surface area contributed by atoms with E-state index in [1.807, 2.05) is 0 Å². The topological polar surface area (TPSA) is 41.6 Å². The number of esters is 1. The minimum atomic E-state index is -0.211. The number of hydrogen-bond acceptors (Lipinski definition) is 4. The van der Waals surface area contributed by atoms with E-state index in [-0.39, 0.29) is 17.4 Å². The molecule has 1 fully saturated rings. The molecule has 1 saturated carbocycles. The summed E-state index contributed by atoms with van der Waals surface area (Å²) in [6, 6.07) is 0.704. The Morgan fingerprint density at radius 3 is 2.39 bits per heavy atom. The zero-order valence-corrected chi connectivity index (χ0v) is 12.6. The lowest BCUT2D eigenvalue weighted by Crippen LogP contribution is -2.50. The molecule has 18 heavy (non-hydrogen) atoms. The average molecular weight is 256 g/mol. The van der Waals surface area contributed by atoms with E-state index in [1.54, 1.807) is 0 Å². The van der Waals surface area contributed by atoms with Gasteiger partial charge in [-0.1, -0.05) is 20.8 Å². The van der Waals surface area contributed by atoms with Gasteiger partial charge >= 0.3 is 5.97 Å². The molecule has 0 aromatic carbocycles. The van der Waals surface area contributed by atoms with Gasteiger partial charge < -0.3 is 15.0 Å². The Hall–Kier alpha value is -0.610. The summed E-state index contributed by atoms with van der Waals surface area (Å²) >= 11 is 0.